The first-order valence-electron chi connectivity index (χ1n) is 11.7. The maximum atomic E-state index is 13.9. The van der Waals surface area contributed by atoms with Crippen molar-refractivity contribution in [2.75, 3.05) is 19.1 Å². The van der Waals surface area contributed by atoms with E-state index < -0.39 is 9.73 Å². The highest BCUT2D eigenvalue weighted by Gasteiger charge is 2.27. The number of likely N-dealkylation sites (N-methyl/N-ethyl adjacent to an activating group) is 1. The third-order valence-corrected chi connectivity index (χ3v) is 6.56. The standard InChI is InChI=1S/C27H29FN4O4S/c1-7-29-25(33)17-10-20-22(11-17)27(34)32(4)14-23(20)21-12-19(31-37(5,6)35)13-30-26(21)36-24-15(2)8-18(28)9-16(24)3/h8-10,12-14H,7,11H2,1-6H3,(H,29,33). The van der Waals surface area contributed by atoms with Crippen molar-refractivity contribution in [1.82, 2.24) is 14.9 Å². The number of hydrogen-bond donors (Lipinski definition) is 1. The number of fused-ring (bicyclic) bond motifs is 1. The summed E-state index contributed by atoms with van der Waals surface area (Å²) in [6.45, 7) is 5.77. The van der Waals surface area contributed by atoms with Gasteiger partial charge in [-0.2, -0.15) is 4.36 Å². The lowest BCUT2D eigenvalue weighted by atomic mass is 10.00. The summed E-state index contributed by atoms with van der Waals surface area (Å²) >= 11 is 0. The van der Waals surface area contributed by atoms with Gasteiger partial charge in [-0.25, -0.2) is 13.6 Å². The molecule has 3 aromatic rings. The first-order chi connectivity index (χ1) is 17.4. The van der Waals surface area contributed by atoms with Crippen molar-refractivity contribution >= 4 is 27.4 Å². The molecule has 10 heteroatoms. The van der Waals surface area contributed by atoms with E-state index in [1.807, 2.05) is 6.92 Å². The Morgan fingerprint density at radius 2 is 1.89 bits per heavy atom. The Balaban J connectivity index is 1.97. The average Bonchev–Trinajstić information content (AvgIpc) is 3.24. The molecule has 4 rings (SSSR count). The molecule has 1 aromatic carbocycles. The van der Waals surface area contributed by atoms with Crippen LogP contribution in [0, 0.1) is 19.7 Å². The van der Waals surface area contributed by atoms with Gasteiger partial charge < -0.3 is 14.6 Å². The number of nitrogens with one attached hydrogen (secondary N) is 1. The molecule has 2 aromatic heterocycles. The minimum Gasteiger partial charge on any atom is -0.438 e. The van der Waals surface area contributed by atoms with Crippen LogP contribution in [-0.4, -0.2) is 38.7 Å². The van der Waals surface area contributed by atoms with Crippen molar-refractivity contribution in [3.05, 3.63) is 74.6 Å². The van der Waals surface area contributed by atoms with Gasteiger partial charge in [0.05, 0.1) is 11.9 Å². The lowest BCUT2D eigenvalue weighted by molar-refractivity contribution is -0.117. The predicted molar refractivity (Wildman–Crippen MR) is 143 cm³/mol. The summed E-state index contributed by atoms with van der Waals surface area (Å²) < 4.78 is 38.3. The van der Waals surface area contributed by atoms with E-state index in [-0.39, 0.29) is 29.6 Å². The van der Waals surface area contributed by atoms with Gasteiger partial charge in [-0.15, -0.1) is 0 Å². The van der Waals surface area contributed by atoms with Crippen molar-refractivity contribution in [2.24, 2.45) is 11.4 Å². The summed E-state index contributed by atoms with van der Waals surface area (Å²) in [6.07, 6.45) is 8.07. The zero-order chi connectivity index (χ0) is 27.1. The molecule has 0 saturated heterocycles. The van der Waals surface area contributed by atoms with Gasteiger partial charge in [-0.05, 0) is 61.7 Å². The summed E-state index contributed by atoms with van der Waals surface area (Å²) in [6, 6.07) is 4.45. The molecular weight excluding hydrogens is 495 g/mol. The molecule has 1 amide bonds. The van der Waals surface area contributed by atoms with Gasteiger partial charge in [0.25, 0.3) is 5.56 Å². The number of hydrogen-bond acceptors (Lipinski definition) is 6. The number of carbonyl (C=O) groups excluding carboxylic acids is 1. The summed E-state index contributed by atoms with van der Waals surface area (Å²) in [5.74, 6) is 0.0503. The normalized spacial score (nSPS) is 12.7. The second-order valence-corrected chi connectivity index (χ2v) is 11.9. The van der Waals surface area contributed by atoms with E-state index in [1.54, 1.807) is 39.2 Å². The van der Waals surface area contributed by atoms with E-state index >= 15 is 0 Å². The number of carbonyl (C=O) groups is 1. The molecule has 1 N–H and O–H groups in total. The highest BCUT2D eigenvalue weighted by atomic mass is 32.2. The molecule has 0 fully saturated rings. The van der Waals surface area contributed by atoms with Gasteiger partial charge in [-0.3, -0.25) is 9.59 Å². The zero-order valence-corrected chi connectivity index (χ0v) is 22.5. The van der Waals surface area contributed by atoms with Crippen molar-refractivity contribution in [1.29, 1.82) is 0 Å². The minimum atomic E-state index is -2.49. The van der Waals surface area contributed by atoms with Crippen LogP contribution >= 0.6 is 0 Å². The number of amides is 1. The SMILES string of the molecule is CCNC(=O)C1=Cc2c(-c3cc(N=S(C)(C)=O)cnc3Oc3c(C)cc(F)cc3C)cn(C)c(=O)c2C1. The van der Waals surface area contributed by atoms with Crippen LogP contribution in [0.1, 0.15) is 29.2 Å². The van der Waals surface area contributed by atoms with Crippen LogP contribution in [0.4, 0.5) is 10.1 Å². The Kier molecular flexibility index (Phi) is 7.05. The van der Waals surface area contributed by atoms with E-state index in [0.29, 0.717) is 56.9 Å². The predicted octanol–water partition coefficient (Wildman–Crippen LogP) is 4.43. The second-order valence-electron chi connectivity index (χ2n) is 9.35. The minimum absolute atomic E-state index is 0.198. The Bertz CT molecular complexity index is 1620. The van der Waals surface area contributed by atoms with Gasteiger partial charge in [0, 0.05) is 70.7 Å². The van der Waals surface area contributed by atoms with Crippen molar-refractivity contribution in [3.63, 3.8) is 0 Å². The Morgan fingerprint density at radius 3 is 2.51 bits per heavy atom. The van der Waals surface area contributed by atoms with Gasteiger partial charge in [0.2, 0.25) is 11.8 Å². The quantitative estimate of drug-likeness (QED) is 0.514. The lowest BCUT2D eigenvalue weighted by Gasteiger charge is -2.17. The van der Waals surface area contributed by atoms with Gasteiger partial charge in [0.1, 0.15) is 11.6 Å². The zero-order valence-electron chi connectivity index (χ0n) is 21.6. The molecule has 0 spiro atoms. The number of pyridine rings is 2. The number of ether oxygens (including phenoxy) is 1. The summed E-state index contributed by atoms with van der Waals surface area (Å²) in [5, 5.41) is 2.78. The molecule has 2 heterocycles. The smallest absolute Gasteiger partial charge is 0.254 e. The molecule has 0 atom stereocenters. The first kappa shape index (κ1) is 26.3. The topological polar surface area (TPSA) is 103 Å². The highest BCUT2D eigenvalue weighted by Crippen LogP contribution is 2.40. The fourth-order valence-electron chi connectivity index (χ4n) is 4.37. The molecule has 1 aliphatic carbocycles. The fourth-order valence-corrected chi connectivity index (χ4v) is 4.98. The number of nitrogens with zero attached hydrogens (tertiary/aromatic N) is 3. The monoisotopic (exact) mass is 524 g/mol. The number of benzene rings is 1. The van der Waals surface area contributed by atoms with E-state index in [0.717, 1.165) is 0 Å². The second kappa shape index (κ2) is 9.93. The Labute approximate surface area is 215 Å². The maximum Gasteiger partial charge on any atom is 0.254 e. The third kappa shape index (κ3) is 5.48. The molecule has 37 heavy (non-hydrogen) atoms. The number of rotatable bonds is 6. The molecule has 1 aliphatic rings. The fraction of sp³-hybridized carbons (Fsp3) is 0.296. The van der Waals surface area contributed by atoms with Crippen LogP contribution in [0.15, 0.2) is 45.3 Å². The van der Waals surface area contributed by atoms with Crippen LogP contribution in [0.3, 0.4) is 0 Å². The Hall–Kier alpha value is -3.79. The van der Waals surface area contributed by atoms with Gasteiger partial charge in [0.15, 0.2) is 0 Å². The third-order valence-electron chi connectivity index (χ3n) is 5.91. The molecule has 0 aliphatic heterocycles. The molecule has 0 bridgehead atoms. The van der Waals surface area contributed by atoms with E-state index in [1.165, 1.54) is 35.4 Å². The first-order valence-corrected chi connectivity index (χ1v) is 14.0. The van der Waals surface area contributed by atoms with E-state index in [2.05, 4.69) is 14.7 Å². The van der Waals surface area contributed by atoms with Crippen molar-refractivity contribution in [3.8, 4) is 22.8 Å². The number of aryl methyl sites for hydroxylation is 3. The largest absolute Gasteiger partial charge is 0.438 e. The number of aromatic nitrogens is 2. The highest BCUT2D eigenvalue weighted by molar-refractivity contribution is 7.92. The summed E-state index contributed by atoms with van der Waals surface area (Å²) in [4.78, 5) is 30.0. The van der Waals surface area contributed by atoms with Gasteiger partial charge in [-0.1, -0.05) is 0 Å². The summed E-state index contributed by atoms with van der Waals surface area (Å²) in [5.41, 5.74) is 4.00. The lowest BCUT2D eigenvalue weighted by Crippen LogP contribution is -2.26. The molecule has 8 nitrogen and oxygen atoms in total. The molecule has 0 saturated carbocycles. The van der Waals surface area contributed by atoms with Crippen LogP contribution < -0.4 is 15.6 Å². The molecular formula is C27H29FN4O4S. The average molecular weight is 525 g/mol. The molecule has 194 valence electrons. The molecule has 0 unspecified atom stereocenters. The van der Waals surface area contributed by atoms with E-state index in [9.17, 15) is 18.2 Å². The van der Waals surface area contributed by atoms with Crippen LogP contribution in [0.5, 0.6) is 11.6 Å². The van der Waals surface area contributed by atoms with Crippen molar-refractivity contribution < 1.29 is 18.1 Å². The maximum absolute atomic E-state index is 13.9. The number of halogens is 1. The molecule has 0 radical (unpaired) electrons. The van der Waals surface area contributed by atoms with Crippen LogP contribution in [0.25, 0.3) is 17.2 Å². The van der Waals surface area contributed by atoms with Crippen LogP contribution in [0.2, 0.25) is 0 Å². The van der Waals surface area contributed by atoms with Crippen LogP contribution in [-0.2, 0) is 28.0 Å². The summed E-state index contributed by atoms with van der Waals surface area (Å²) in [7, 11) is -0.850. The van der Waals surface area contributed by atoms with Gasteiger partial charge >= 0.3 is 0 Å². The van der Waals surface area contributed by atoms with E-state index in [4.69, 9.17) is 4.74 Å². The Morgan fingerprint density at radius 1 is 1.22 bits per heavy atom. The van der Waals surface area contributed by atoms with Crippen molar-refractivity contribution in [2.45, 2.75) is 27.2 Å².